The largest absolute Gasteiger partial charge is 0.493 e. The lowest BCUT2D eigenvalue weighted by atomic mass is 10.1. The number of methoxy groups -OCH3 is 1. The van der Waals surface area contributed by atoms with Crippen molar-refractivity contribution < 1.29 is 9.47 Å². The third-order valence-electron chi connectivity index (χ3n) is 2.91. The van der Waals surface area contributed by atoms with Gasteiger partial charge in [0.05, 0.1) is 13.7 Å². The van der Waals surface area contributed by atoms with Crippen molar-refractivity contribution in [2.24, 2.45) is 5.92 Å². The number of rotatable bonds is 7. The third kappa shape index (κ3) is 4.23. The first-order valence-electron chi connectivity index (χ1n) is 6.10. The lowest BCUT2D eigenvalue weighted by molar-refractivity contribution is 0.247. The van der Waals surface area contributed by atoms with E-state index in [-0.39, 0.29) is 0 Å². The van der Waals surface area contributed by atoms with Gasteiger partial charge in [-0.25, -0.2) is 0 Å². The van der Waals surface area contributed by atoms with E-state index >= 15 is 0 Å². The maximum Gasteiger partial charge on any atom is 0.161 e. The van der Waals surface area contributed by atoms with Crippen LogP contribution in [-0.4, -0.2) is 19.0 Å². The van der Waals surface area contributed by atoms with Crippen LogP contribution in [-0.2, 0) is 6.42 Å². The summed E-state index contributed by atoms with van der Waals surface area (Å²) >= 11 is 3.50. The maximum absolute atomic E-state index is 5.82. The molecule has 0 aromatic heterocycles. The van der Waals surface area contributed by atoms with Gasteiger partial charge in [0.1, 0.15) is 0 Å². The summed E-state index contributed by atoms with van der Waals surface area (Å²) in [4.78, 5) is 0. The van der Waals surface area contributed by atoms with Gasteiger partial charge in [0.2, 0.25) is 0 Å². The summed E-state index contributed by atoms with van der Waals surface area (Å²) in [5, 5.41) is 0.971. The number of halogens is 1. The van der Waals surface area contributed by atoms with Gasteiger partial charge in [0.25, 0.3) is 0 Å². The quantitative estimate of drug-likeness (QED) is 0.707. The fourth-order valence-electron chi connectivity index (χ4n) is 1.53. The van der Waals surface area contributed by atoms with Crippen LogP contribution in [0.25, 0.3) is 0 Å². The first-order chi connectivity index (χ1) is 8.24. The van der Waals surface area contributed by atoms with E-state index in [0.29, 0.717) is 5.92 Å². The Hall–Kier alpha value is -0.700. The van der Waals surface area contributed by atoms with Crippen molar-refractivity contribution in [1.82, 2.24) is 0 Å². The zero-order chi connectivity index (χ0) is 12.7. The van der Waals surface area contributed by atoms with E-state index in [1.54, 1.807) is 7.11 Å². The fraction of sp³-hybridized carbons (Fsp3) is 0.571. The molecule has 2 nitrogen and oxygen atoms in total. The Bertz CT molecular complexity index is 335. The molecule has 0 amide bonds. The molecule has 0 aliphatic carbocycles. The van der Waals surface area contributed by atoms with Gasteiger partial charge in [-0.2, -0.15) is 0 Å². The number of benzene rings is 1. The topological polar surface area (TPSA) is 18.5 Å². The Morgan fingerprint density at radius 2 is 2.00 bits per heavy atom. The highest BCUT2D eigenvalue weighted by molar-refractivity contribution is 9.09. The van der Waals surface area contributed by atoms with Crippen LogP contribution in [0, 0.1) is 5.92 Å². The summed E-state index contributed by atoms with van der Waals surface area (Å²) < 4.78 is 11.2. The van der Waals surface area contributed by atoms with Crippen LogP contribution in [0.2, 0.25) is 0 Å². The second kappa shape index (κ2) is 7.59. The van der Waals surface area contributed by atoms with Gasteiger partial charge in [0, 0.05) is 11.2 Å². The average Bonchev–Trinajstić information content (AvgIpc) is 2.39. The van der Waals surface area contributed by atoms with Gasteiger partial charge in [-0.1, -0.05) is 35.8 Å². The second-order valence-electron chi connectivity index (χ2n) is 4.08. The number of hydrogen-bond acceptors (Lipinski definition) is 2. The number of aryl methyl sites for hydroxylation is 1. The molecule has 0 N–H and O–H groups in total. The molecular weight excluding hydrogens is 280 g/mol. The highest BCUT2D eigenvalue weighted by Gasteiger charge is 2.09. The minimum absolute atomic E-state index is 0.547. The fourth-order valence-corrected chi connectivity index (χ4v) is 2.18. The molecule has 96 valence electrons. The van der Waals surface area contributed by atoms with Gasteiger partial charge in [-0.05, 0) is 30.5 Å². The molecule has 0 fully saturated rings. The Morgan fingerprint density at radius 1 is 1.24 bits per heavy atom. The predicted molar refractivity (Wildman–Crippen MR) is 75.4 cm³/mol. The normalized spacial score (nSPS) is 12.2. The molecule has 0 aliphatic heterocycles. The Balaban J connectivity index is 2.70. The van der Waals surface area contributed by atoms with Crippen LogP contribution in [0.15, 0.2) is 18.2 Å². The molecule has 0 radical (unpaired) electrons. The van der Waals surface area contributed by atoms with Crippen molar-refractivity contribution in [3.8, 4) is 11.5 Å². The lowest BCUT2D eigenvalue weighted by Gasteiger charge is -2.15. The first kappa shape index (κ1) is 14.4. The Morgan fingerprint density at radius 3 is 2.53 bits per heavy atom. The van der Waals surface area contributed by atoms with Crippen LogP contribution in [0.4, 0.5) is 0 Å². The molecule has 0 saturated heterocycles. The molecule has 17 heavy (non-hydrogen) atoms. The first-order valence-corrected chi connectivity index (χ1v) is 7.22. The number of ether oxygens (including phenoxy) is 2. The highest BCUT2D eigenvalue weighted by atomic mass is 79.9. The van der Waals surface area contributed by atoms with E-state index in [2.05, 4.69) is 35.8 Å². The third-order valence-corrected chi connectivity index (χ3v) is 3.82. The summed E-state index contributed by atoms with van der Waals surface area (Å²) in [5.41, 5.74) is 1.27. The summed E-state index contributed by atoms with van der Waals surface area (Å²) in [6, 6.07) is 6.13. The number of hydrogen-bond donors (Lipinski definition) is 0. The van der Waals surface area contributed by atoms with Crippen molar-refractivity contribution >= 4 is 15.9 Å². The standard InChI is InChI=1S/C14H21BrO2/c1-4-11-6-7-13(14(8-11)16-3)17-10-12(5-2)9-15/h6-8,12H,4-5,9-10H2,1-3H3. The summed E-state index contributed by atoms with van der Waals surface area (Å²) in [5.74, 6) is 2.21. The van der Waals surface area contributed by atoms with Crippen molar-refractivity contribution in [3.63, 3.8) is 0 Å². The SMILES string of the molecule is CCc1ccc(OCC(CC)CBr)c(OC)c1. The average molecular weight is 301 g/mol. The van der Waals surface area contributed by atoms with Crippen LogP contribution < -0.4 is 9.47 Å². The van der Waals surface area contributed by atoms with Gasteiger partial charge in [0.15, 0.2) is 11.5 Å². The summed E-state index contributed by atoms with van der Waals surface area (Å²) in [6.45, 7) is 5.03. The molecule has 0 saturated carbocycles. The van der Waals surface area contributed by atoms with Crippen molar-refractivity contribution in [2.45, 2.75) is 26.7 Å². The molecule has 0 spiro atoms. The van der Waals surface area contributed by atoms with E-state index in [0.717, 1.165) is 36.3 Å². The molecule has 0 aliphatic rings. The Labute approximate surface area is 112 Å². The van der Waals surface area contributed by atoms with Crippen molar-refractivity contribution in [1.29, 1.82) is 0 Å². The maximum atomic E-state index is 5.82. The minimum atomic E-state index is 0.547. The van der Waals surface area contributed by atoms with Crippen molar-refractivity contribution in [3.05, 3.63) is 23.8 Å². The predicted octanol–water partition coefficient (Wildman–Crippen LogP) is 4.06. The molecular formula is C14H21BrO2. The van der Waals surface area contributed by atoms with Gasteiger partial charge in [-0.3, -0.25) is 0 Å². The van der Waals surface area contributed by atoms with E-state index in [4.69, 9.17) is 9.47 Å². The smallest absolute Gasteiger partial charge is 0.161 e. The van der Waals surface area contributed by atoms with Gasteiger partial charge in [-0.15, -0.1) is 0 Å². The van der Waals surface area contributed by atoms with Crippen LogP contribution >= 0.6 is 15.9 Å². The van der Waals surface area contributed by atoms with Gasteiger partial charge < -0.3 is 9.47 Å². The molecule has 1 aromatic rings. The van der Waals surface area contributed by atoms with Crippen LogP contribution in [0.5, 0.6) is 11.5 Å². The van der Waals surface area contributed by atoms with Gasteiger partial charge >= 0.3 is 0 Å². The summed E-state index contributed by atoms with van der Waals surface area (Å²) in [6.07, 6.45) is 2.12. The monoisotopic (exact) mass is 300 g/mol. The molecule has 1 aromatic carbocycles. The van der Waals surface area contributed by atoms with Crippen LogP contribution in [0.1, 0.15) is 25.8 Å². The van der Waals surface area contributed by atoms with E-state index in [1.165, 1.54) is 5.56 Å². The molecule has 0 bridgehead atoms. The molecule has 0 heterocycles. The zero-order valence-corrected chi connectivity index (χ0v) is 12.4. The molecule has 3 heteroatoms. The molecule has 1 unspecified atom stereocenters. The summed E-state index contributed by atoms with van der Waals surface area (Å²) in [7, 11) is 1.68. The van der Waals surface area contributed by atoms with E-state index < -0.39 is 0 Å². The molecule has 1 rings (SSSR count). The minimum Gasteiger partial charge on any atom is -0.493 e. The highest BCUT2D eigenvalue weighted by Crippen LogP contribution is 2.28. The number of alkyl halides is 1. The van der Waals surface area contributed by atoms with Crippen LogP contribution in [0.3, 0.4) is 0 Å². The van der Waals surface area contributed by atoms with E-state index in [9.17, 15) is 0 Å². The Kier molecular flexibility index (Phi) is 6.41. The van der Waals surface area contributed by atoms with Crippen molar-refractivity contribution in [2.75, 3.05) is 19.0 Å². The second-order valence-corrected chi connectivity index (χ2v) is 4.73. The zero-order valence-electron chi connectivity index (χ0n) is 10.8. The van der Waals surface area contributed by atoms with E-state index in [1.807, 2.05) is 12.1 Å². The lowest BCUT2D eigenvalue weighted by Crippen LogP contribution is -2.12. The molecule has 1 atom stereocenters.